The Morgan fingerprint density at radius 1 is 1.00 bits per heavy atom. The maximum absolute atomic E-state index is 6.16. The average molecular weight is 320 g/mol. The molecule has 130 valence electrons. The summed E-state index contributed by atoms with van der Waals surface area (Å²) in [6.45, 7) is 10.6. The van der Waals surface area contributed by atoms with E-state index in [0.29, 0.717) is 0 Å². The first-order valence-corrected chi connectivity index (χ1v) is 8.83. The Kier molecular flexibility index (Phi) is 5.74. The van der Waals surface area contributed by atoms with Gasteiger partial charge in [-0.2, -0.15) is 0 Å². The van der Waals surface area contributed by atoms with Crippen LogP contribution in [0, 0.1) is 0 Å². The van der Waals surface area contributed by atoms with E-state index in [4.69, 9.17) is 14.2 Å². The molecule has 23 heavy (non-hydrogen) atoms. The molecule has 1 fully saturated rings. The van der Waals surface area contributed by atoms with Crippen LogP contribution in [0.15, 0.2) is 18.2 Å². The van der Waals surface area contributed by atoms with Gasteiger partial charge >= 0.3 is 0 Å². The molecule has 0 aliphatic carbocycles. The average Bonchev–Trinajstić information content (AvgIpc) is 2.72. The molecule has 1 aromatic carbocycles. The van der Waals surface area contributed by atoms with Crippen LogP contribution in [0.5, 0.6) is 5.75 Å². The van der Waals surface area contributed by atoms with Crippen molar-refractivity contribution in [1.29, 1.82) is 0 Å². The third-order valence-corrected chi connectivity index (χ3v) is 5.13. The summed E-state index contributed by atoms with van der Waals surface area (Å²) < 4.78 is 17.8. The third-order valence-electron chi connectivity index (χ3n) is 5.13. The highest BCUT2D eigenvalue weighted by molar-refractivity contribution is 5.38. The predicted molar refractivity (Wildman–Crippen MR) is 93.9 cm³/mol. The van der Waals surface area contributed by atoms with E-state index in [1.54, 1.807) is 7.11 Å². The van der Waals surface area contributed by atoms with Gasteiger partial charge < -0.3 is 14.2 Å². The van der Waals surface area contributed by atoms with Gasteiger partial charge in [-0.3, -0.25) is 0 Å². The van der Waals surface area contributed by atoms with E-state index in [-0.39, 0.29) is 17.5 Å². The van der Waals surface area contributed by atoms with E-state index >= 15 is 0 Å². The lowest BCUT2D eigenvalue weighted by molar-refractivity contribution is -0.0896. The molecule has 1 heterocycles. The minimum absolute atomic E-state index is 0.305. The largest absolute Gasteiger partial charge is 0.496 e. The molecular formula is C20H32O3. The Labute approximate surface area is 141 Å². The number of rotatable bonds is 7. The maximum Gasteiger partial charge on any atom is 0.185 e. The summed E-state index contributed by atoms with van der Waals surface area (Å²) >= 11 is 0. The molecule has 1 saturated heterocycles. The molecule has 1 aliphatic rings. The fourth-order valence-corrected chi connectivity index (χ4v) is 2.86. The standard InChI is InChI=1S/C20H32O3/c1-7-8-9-10-11-15-14-16(12-13-17(15)21-6)18-22-19(2,3)20(4,5)23-18/h12-14,18H,7-11H2,1-6H3. The zero-order valence-electron chi connectivity index (χ0n) is 15.6. The first-order valence-electron chi connectivity index (χ1n) is 8.83. The lowest BCUT2D eigenvalue weighted by Crippen LogP contribution is -2.41. The molecule has 0 amide bonds. The molecule has 3 heteroatoms. The van der Waals surface area contributed by atoms with E-state index in [1.165, 1.54) is 31.2 Å². The van der Waals surface area contributed by atoms with E-state index < -0.39 is 0 Å². The van der Waals surface area contributed by atoms with Crippen molar-refractivity contribution in [2.45, 2.75) is 84.2 Å². The summed E-state index contributed by atoms with van der Waals surface area (Å²) in [4.78, 5) is 0. The molecule has 0 N–H and O–H groups in total. The van der Waals surface area contributed by atoms with Crippen molar-refractivity contribution < 1.29 is 14.2 Å². The molecular weight excluding hydrogens is 288 g/mol. The molecule has 0 spiro atoms. The van der Waals surface area contributed by atoms with Crippen molar-refractivity contribution in [1.82, 2.24) is 0 Å². The zero-order valence-corrected chi connectivity index (χ0v) is 15.6. The predicted octanol–water partition coefficient (Wildman–Crippen LogP) is 5.42. The summed E-state index contributed by atoms with van der Waals surface area (Å²) in [6, 6.07) is 6.28. The van der Waals surface area contributed by atoms with Crippen LogP contribution in [0.1, 0.15) is 77.7 Å². The lowest BCUT2D eigenvalue weighted by Gasteiger charge is -2.30. The summed E-state index contributed by atoms with van der Waals surface area (Å²) in [6.07, 6.45) is 5.73. The van der Waals surface area contributed by atoms with Crippen LogP contribution in [0.3, 0.4) is 0 Å². The van der Waals surface area contributed by atoms with Crippen molar-refractivity contribution in [3.05, 3.63) is 29.3 Å². The Morgan fingerprint density at radius 3 is 2.22 bits per heavy atom. The molecule has 0 saturated carbocycles. The Morgan fingerprint density at radius 2 is 1.65 bits per heavy atom. The number of methoxy groups -OCH3 is 1. The fraction of sp³-hybridized carbons (Fsp3) is 0.700. The summed E-state index contributed by atoms with van der Waals surface area (Å²) in [5.41, 5.74) is 1.71. The highest BCUT2D eigenvalue weighted by Gasteiger charge is 2.49. The van der Waals surface area contributed by atoms with Crippen molar-refractivity contribution >= 4 is 0 Å². The van der Waals surface area contributed by atoms with Crippen LogP contribution in [0.25, 0.3) is 0 Å². The van der Waals surface area contributed by atoms with Crippen LogP contribution in [-0.2, 0) is 15.9 Å². The summed E-state index contributed by atoms with van der Waals surface area (Å²) in [5.74, 6) is 0.960. The molecule has 3 nitrogen and oxygen atoms in total. The number of ether oxygens (including phenoxy) is 3. The molecule has 1 aromatic rings. The number of hydrogen-bond donors (Lipinski definition) is 0. The van der Waals surface area contributed by atoms with E-state index in [2.05, 4.69) is 46.8 Å². The van der Waals surface area contributed by atoms with Crippen molar-refractivity contribution in [2.24, 2.45) is 0 Å². The van der Waals surface area contributed by atoms with Gasteiger partial charge in [0.25, 0.3) is 0 Å². The van der Waals surface area contributed by atoms with Crippen molar-refractivity contribution in [3.63, 3.8) is 0 Å². The Balaban J connectivity index is 2.14. The molecule has 0 aromatic heterocycles. The van der Waals surface area contributed by atoms with E-state index in [1.807, 2.05) is 6.07 Å². The van der Waals surface area contributed by atoms with Crippen LogP contribution >= 0.6 is 0 Å². The van der Waals surface area contributed by atoms with Crippen molar-refractivity contribution in [3.8, 4) is 5.75 Å². The highest BCUT2D eigenvalue weighted by atomic mass is 16.7. The molecule has 0 radical (unpaired) electrons. The SMILES string of the molecule is CCCCCCc1cc(C2OC(C)(C)C(C)(C)O2)ccc1OC. The van der Waals surface area contributed by atoms with Gasteiger partial charge in [-0.25, -0.2) is 0 Å². The van der Waals surface area contributed by atoms with E-state index in [9.17, 15) is 0 Å². The van der Waals surface area contributed by atoms with Crippen LogP contribution in [0.2, 0.25) is 0 Å². The van der Waals surface area contributed by atoms with Gasteiger partial charge in [0.1, 0.15) is 5.75 Å². The van der Waals surface area contributed by atoms with Gasteiger partial charge in [0.05, 0.1) is 18.3 Å². The number of hydrogen-bond acceptors (Lipinski definition) is 3. The monoisotopic (exact) mass is 320 g/mol. The zero-order chi connectivity index (χ0) is 17.1. The quantitative estimate of drug-likeness (QED) is 0.628. The molecule has 1 aliphatic heterocycles. The van der Waals surface area contributed by atoms with Gasteiger partial charge in [-0.15, -0.1) is 0 Å². The first-order chi connectivity index (χ1) is 10.8. The highest BCUT2D eigenvalue weighted by Crippen LogP contribution is 2.45. The first kappa shape index (κ1) is 18.3. The minimum Gasteiger partial charge on any atom is -0.496 e. The van der Waals surface area contributed by atoms with Gasteiger partial charge in [-0.1, -0.05) is 32.3 Å². The minimum atomic E-state index is -0.307. The van der Waals surface area contributed by atoms with Gasteiger partial charge in [0.15, 0.2) is 6.29 Å². The second kappa shape index (κ2) is 7.23. The van der Waals surface area contributed by atoms with Crippen LogP contribution in [0.4, 0.5) is 0 Å². The smallest absolute Gasteiger partial charge is 0.185 e. The summed E-state index contributed by atoms with van der Waals surface area (Å²) in [7, 11) is 1.74. The fourth-order valence-electron chi connectivity index (χ4n) is 2.86. The van der Waals surface area contributed by atoms with Gasteiger partial charge in [-0.05, 0) is 58.2 Å². The van der Waals surface area contributed by atoms with Gasteiger partial charge in [0.2, 0.25) is 0 Å². The van der Waals surface area contributed by atoms with Crippen LogP contribution < -0.4 is 4.74 Å². The molecule has 2 rings (SSSR count). The summed E-state index contributed by atoms with van der Waals surface area (Å²) in [5, 5.41) is 0. The van der Waals surface area contributed by atoms with Crippen molar-refractivity contribution in [2.75, 3.05) is 7.11 Å². The second-order valence-corrected chi connectivity index (χ2v) is 7.47. The molecule has 0 bridgehead atoms. The van der Waals surface area contributed by atoms with Gasteiger partial charge in [0, 0.05) is 5.56 Å². The third kappa shape index (κ3) is 4.07. The second-order valence-electron chi connectivity index (χ2n) is 7.47. The number of benzene rings is 1. The normalized spacial score (nSPS) is 19.9. The Bertz CT molecular complexity index is 504. The Hall–Kier alpha value is -1.06. The number of unbranched alkanes of at least 4 members (excludes halogenated alkanes) is 3. The molecule has 0 atom stereocenters. The lowest BCUT2D eigenvalue weighted by atomic mass is 9.90. The number of aryl methyl sites for hydroxylation is 1. The maximum atomic E-state index is 6.16. The topological polar surface area (TPSA) is 27.7 Å². The van der Waals surface area contributed by atoms with Crippen LogP contribution in [-0.4, -0.2) is 18.3 Å². The van der Waals surface area contributed by atoms with E-state index in [0.717, 1.165) is 17.7 Å². The molecule has 0 unspecified atom stereocenters.